The fraction of sp³-hybridized carbons (Fsp3) is 0.353. The lowest BCUT2D eigenvalue weighted by molar-refractivity contribution is -0.121. The number of amides is 1. The third-order valence-electron chi connectivity index (χ3n) is 7.77. The third kappa shape index (κ3) is 5.67. The SMILES string of the molecule is CCCCCOc1ccc([C@@H]2C3=C(C[C@@H](c4ccc(F)cc4)CC3=O)Nc3ccccc3N2C(=O)C(C)C)cc1. The van der Waals surface area contributed by atoms with Crippen molar-refractivity contribution in [3.05, 3.63) is 101 Å². The zero-order chi connectivity index (χ0) is 28.2. The van der Waals surface area contributed by atoms with Crippen molar-refractivity contribution in [1.29, 1.82) is 0 Å². The second-order valence-corrected chi connectivity index (χ2v) is 11.0. The molecule has 0 bridgehead atoms. The van der Waals surface area contributed by atoms with Crippen LogP contribution in [0.15, 0.2) is 84.1 Å². The van der Waals surface area contributed by atoms with E-state index in [1.165, 1.54) is 12.1 Å². The van der Waals surface area contributed by atoms with E-state index in [2.05, 4.69) is 12.2 Å². The first-order valence-electron chi connectivity index (χ1n) is 14.3. The average molecular weight is 541 g/mol. The van der Waals surface area contributed by atoms with Gasteiger partial charge in [-0.15, -0.1) is 0 Å². The van der Waals surface area contributed by atoms with Crippen LogP contribution in [0.3, 0.4) is 0 Å². The zero-order valence-corrected chi connectivity index (χ0v) is 23.5. The molecule has 1 amide bonds. The maximum Gasteiger partial charge on any atom is 0.230 e. The summed E-state index contributed by atoms with van der Waals surface area (Å²) in [5.41, 5.74) is 4.73. The summed E-state index contributed by atoms with van der Waals surface area (Å²) in [6.45, 7) is 6.59. The number of unbranched alkanes of at least 4 members (excludes halogenated alkanes) is 2. The smallest absolute Gasteiger partial charge is 0.230 e. The molecule has 0 fully saturated rings. The summed E-state index contributed by atoms with van der Waals surface area (Å²) in [6.07, 6.45) is 4.13. The minimum absolute atomic E-state index is 0.0117. The standard InChI is InChI=1S/C34H37FN2O3/c1-4-5-8-19-40-27-17-13-24(14-18-27)33-32-29(20-25(21-31(32)38)23-11-15-26(35)16-12-23)36-28-9-6-7-10-30(28)37(33)34(39)22(2)3/h6-7,9-18,22,25,33,36H,4-5,8,19-21H2,1-3H3/t25-,33-/m1/s1. The van der Waals surface area contributed by atoms with Crippen molar-refractivity contribution in [2.75, 3.05) is 16.8 Å². The van der Waals surface area contributed by atoms with E-state index in [4.69, 9.17) is 4.74 Å². The Bertz CT molecular complexity index is 1400. The number of ketones is 1. The van der Waals surface area contributed by atoms with Crippen LogP contribution in [-0.2, 0) is 9.59 Å². The summed E-state index contributed by atoms with van der Waals surface area (Å²) >= 11 is 0. The number of benzene rings is 3. The monoisotopic (exact) mass is 540 g/mol. The molecule has 2 atom stereocenters. The molecule has 0 aromatic heterocycles. The Morgan fingerprint density at radius 2 is 1.68 bits per heavy atom. The second-order valence-electron chi connectivity index (χ2n) is 11.0. The number of carbonyl (C=O) groups excluding carboxylic acids is 2. The van der Waals surface area contributed by atoms with Crippen molar-refractivity contribution >= 4 is 23.1 Å². The fourth-order valence-corrected chi connectivity index (χ4v) is 5.69. The molecule has 208 valence electrons. The number of anilines is 2. The predicted octanol–water partition coefficient (Wildman–Crippen LogP) is 7.95. The molecule has 0 saturated heterocycles. The second kappa shape index (κ2) is 12.1. The first-order valence-corrected chi connectivity index (χ1v) is 14.3. The van der Waals surface area contributed by atoms with Crippen LogP contribution >= 0.6 is 0 Å². The minimum Gasteiger partial charge on any atom is -0.494 e. The average Bonchev–Trinajstić information content (AvgIpc) is 3.10. The Labute approximate surface area is 236 Å². The molecule has 0 radical (unpaired) electrons. The zero-order valence-electron chi connectivity index (χ0n) is 23.5. The maximum absolute atomic E-state index is 14.0. The highest BCUT2D eigenvalue weighted by molar-refractivity contribution is 6.06. The lowest BCUT2D eigenvalue weighted by atomic mass is 9.78. The Hall–Kier alpha value is -3.93. The van der Waals surface area contributed by atoms with Gasteiger partial charge in [0.1, 0.15) is 11.6 Å². The van der Waals surface area contributed by atoms with Crippen LogP contribution in [0.1, 0.15) is 76.0 Å². The van der Waals surface area contributed by atoms with E-state index in [0.717, 1.165) is 53.2 Å². The first-order chi connectivity index (χ1) is 19.4. The first kappa shape index (κ1) is 27.6. The summed E-state index contributed by atoms with van der Waals surface area (Å²) in [5.74, 6) is 0.0499. The van der Waals surface area contributed by atoms with Gasteiger partial charge in [-0.1, -0.05) is 70.0 Å². The van der Waals surface area contributed by atoms with Crippen LogP contribution < -0.4 is 15.0 Å². The fourth-order valence-electron chi connectivity index (χ4n) is 5.69. The van der Waals surface area contributed by atoms with Gasteiger partial charge in [0.15, 0.2) is 5.78 Å². The van der Waals surface area contributed by atoms with E-state index in [1.54, 1.807) is 17.0 Å². The molecular weight excluding hydrogens is 503 g/mol. The molecule has 3 aromatic carbocycles. The van der Waals surface area contributed by atoms with Gasteiger partial charge in [-0.25, -0.2) is 4.39 Å². The van der Waals surface area contributed by atoms with E-state index in [0.29, 0.717) is 25.0 Å². The number of ether oxygens (including phenoxy) is 1. The van der Waals surface area contributed by atoms with Gasteiger partial charge >= 0.3 is 0 Å². The largest absolute Gasteiger partial charge is 0.494 e. The van der Waals surface area contributed by atoms with Crippen molar-refractivity contribution in [2.24, 2.45) is 5.92 Å². The van der Waals surface area contributed by atoms with Crippen LogP contribution in [0.2, 0.25) is 0 Å². The topological polar surface area (TPSA) is 58.6 Å². The summed E-state index contributed by atoms with van der Waals surface area (Å²) in [6, 6.07) is 21.3. The number of Topliss-reactive ketones (excluding diaryl/α,β-unsaturated/α-hetero) is 1. The van der Waals surface area contributed by atoms with E-state index < -0.39 is 6.04 Å². The van der Waals surface area contributed by atoms with Gasteiger partial charge in [0.05, 0.1) is 24.0 Å². The van der Waals surface area contributed by atoms with Gasteiger partial charge in [-0.3, -0.25) is 14.5 Å². The number of hydrogen-bond acceptors (Lipinski definition) is 4. The molecule has 1 heterocycles. The molecule has 0 spiro atoms. The summed E-state index contributed by atoms with van der Waals surface area (Å²) in [7, 11) is 0. The number of rotatable bonds is 8. The molecule has 0 saturated carbocycles. The number of hydrogen-bond donors (Lipinski definition) is 1. The van der Waals surface area contributed by atoms with E-state index in [9.17, 15) is 14.0 Å². The lowest BCUT2D eigenvalue weighted by Gasteiger charge is -2.36. The van der Waals surface area contributed by atoms with Gasteiger partial charge in [0.25, 0.3) is 0 Å². The van der Waals surface area contributed by atoms with E-state index in [-0.39, 0.29) is 29.3 Å². The molecule has 2 aliphatic rings. The predicted molar refractivity (Wildman–Crippen MR) is 157 cm³/mol. The highest BCUT2D eigenvalue weighted by Crippen LogP contribution is 2.48. The maximum atomic E-state index is 14.0. The number of carbonyl (C=O) groups is 2. The molecule has 6 heteroatoms. The molecule has 3 aromatic rings. The third-order valence-corrected chi connectivity index (χ3v) is 7.77. The number of fused-ring (bicyclic) bond motifs is 1. The highest BCUT2D eigenvalue weighted by Gasteiger charge is 2.42. The van der Waals surface area contributed by atoms with Crippen LogP contribution in [0, 0.1) is 11.7 Å². The molecule has 1 aliphatic heterocycles. The molecule has 5 nitrogen and oxygen atoms in total. The lowest BCUT2D eigenvalue weighted by Crippen LogP contribution is -2.40. The van der Waals surface area contributed by atoms with Crippen LogP contribution in [0.5, 0.6) is 5.75 Å². The van der Waals surface area contributed by atoms with Crippen LogP contribution in [0.4, 0.5) is 15.8 Å². The molecule has 1 aliphatic carbocycles. The number of nitrogens with one attached hydrogen (secondary N) is 1. The van der Waals surface area contributed by atoms with Gasteiger partial charge in [0, 0.05) is 23.6 Å². The Morgan fingerprint density at radius 1 is 0.975 bits per heavy atom. The highest BCUT2D eigenvalue weighted by atomic mass is 19.1. The molecule has 5 rings (SSSR count). The number of para-hydroxylation sites is 2. The summed E-state index contributed by atoms with van der Waals surface area (Å²) in [5, 5.41) is 3.54. The van der Waals surface area contributed by atoms with E-state index in [1.807, 2.05) is 62.4 Å². The van der Waals surface area contributed by atoms with Gasteiger partial charge in [0.2, 0.25) is 5.91 Å². The Balaban J connectivity index is 1.60. The number of halogens is 1. The van der Waals surface area contributed by atoms with Crippen LogP contribution in [0.25, 0.3) is 0 Å². The van der Waals surface area contributed by atoms with Crippen molar-refractivity contribution in [1.82, 2.24) is 0 Å². The van der Waals surface area contributed by atoms with Crippen molar-refractivity contribution in [3.8, 4) is 5.75 Å². The quantitative estimate of drug-likeness (QED) is 0.295. The molecule has 0 unspecified atom stereocenters. The Kier molecular flexibility index (Phi) is 8.34. The van der Waals surface area contributed by atoms with Crippen LogP contribution in [-0.4, -0.2) is 18.3 Å². The summed E-state index contributed by atoms with van der Waals surface area (Å²) < 4.78 is 19.6. The Morgan fingerprint density at radius 3 is 2.38 bits per heavy atom. The number of nitrogens with zero attached hydrogens (tertiary/aromatic N) is 1. The minimum atomic E-state index is -0.586. The van der Waals surface area contributed by atoms with E-state index >= 15 is 0 Å². The van der Waals surface area contributed by atoms with Gasteiger partial charge in [-0.2, -0.15) is 0 Å². The van der Waals surface area contributed by atoms with Crippen molar-refractivity contribution < 1.29 is 18.7 Å². The number of allylic oxidation sites excluding steroid dienone is 1. The normalized spacial score (nSPS) is 18.6. The van der Waals surface area contributed by atoms with Crippen molar-refractivity contribution in [2.45, 2.75) is 64.8 Å². The van der Waals surface area contributed by atoms with Gasteiger partial charge < -0.3 is 10.1 Å². The molecule has 40 heavy (non-hydrogen) atoms. The van der Waals surface area contributed by atoms with Gasteiger partial charge in [-0.05, 0) is 66.3 Å². The molecule has 1 N–H and O–H groups in total. The summed E-state index contributed by atoms with van der Waals surface area (Å²) in [4.78, 5) is 29.7. The van der Waals surface area contributed by atoms with Crippen molar-refractivity contribution in [3.63, 3.8) is 0 Å². The molecular formula is C34H37FN2O3.